The topological polar surface area (TPSA) is 41.1 Å². The van der Waals surface area contributed by atoms with Crippen LogP contribution in [0, 0.1) is 6.92 Å². The maximum atomic E-state index is 6.43. The van der Waals surface area contributed by atoms with Crippen LogP contribution in [0.4, 0.5) is 0 Å². The molecule has 1 aliphatic rings. The lowest BCUT2D eigenvalue weighted by Gasteiger charge is -2.35. The van der Waals surface area contributed by atoms with Gasteiger partial charge in [0.15, 0.2) is 0 Å². The summed E-state index contributed by atoms with van der Waals surface area (Å²) in [4.78, 5) is 2.48. The molecule has 4 rings (SSSR count). The van der Waals surface area contributed by atoms with Gasteiger partial charge in [-0.2, -0.15) is 5.10 Å². The molecule has 4 nitrogen and oxygen atoms in total. The Hall–Kier alpha value is -2.33. The SMILES string of the molecule is Cc1c(OC2CCCC(N(C)Cc3ccccc3)C2)ccc2[nH]ncc12. The van der Waals surface area contributed by atoms with Crippen LogP contribution in [-0.4, -0.2) is 34.3 Å². The summed E-state index contributed by atoms with van der Waals surface area (Å²) in [5, 5.41) is 8.31. The number of rotatable bonds is 5. The first kappa shape index (κ1) is 17.1. The average molecular weight is 349 g/mol. The molecule has 4 heteroatoms. The summed E-state index contributed by atoms with van der Waals surface area (Å²) in [5.41, 5.74) is 3.62. The molecule has 0 saturated heterocycles. The molecule has 1 N–H and O–H groups in total. The quantitative estimate of drug-likeness (QED) is 0.726. The van der Waals surface area contributed by atoms with Crippen LogP contribution in [0.3, 0.4) is 0 Å². The van der Waals surface area contributed by atoms with Crippen LogP contribution >= 0.6 is 0 Å². The summed E-state index contributed by atoms with van der Waals surface area (Å²) in [7, 11) is 2.24. The Kier molecular flexibility index (Phi) is 4.93. The number of hydrogen-bond donors (Lipinski definition) is 1. The van der Waals surface area contributed by atoms with Crippen molar-refractivity contribution in [2.45, 2.75) is 51.3 Å². The molecule has 3 aromatic rings. The van der Waals surface area contributed by atoms with Gasteiger partial charge in [0.1, 0.15) is 11.9 Å². The molecule has 0 bridgehead atoms. The van der Waals surface area contributed by atoms with E-state index >= 15 is 0 Å². The molecule has 0 radical (unpaired) electrons. The standard InChI is InChI=1S/C22H27N3O/c1-16-20-14-23-24-21(20)11-12-22(16)26-19-10-6-9-18(13-19)25(2)15-17-7-4-3-5-8-17/h3-5,7-8,11-12,14,18-19H,6,9-10,13,15H2,1-2H3,(H,23,24). The normalized spacial score (nSPS) is 20.6. The Labute approximate surface area is 155 Å². The summed E-state index contributed by atoms with van der Waals surface area (Å²) >= 11 is 0. The molecule has 1 fully saturated rings. The molecule has 2 unspecified atom stereocenters. The molecule has 0 spiro atoms. The number of ether oxygens (including phenoxy) is 1. The largest absolute Gasteiger partial charge is 0.490 e. The zero-order valence-corrected chi connectivity index (χ0v) is 15.6. The van der Waals surface area contributed by atoms with Crippen molar-refractivity contribution in [3.63, 3.8) is 0 Å². The first-order valence-electron chi connectivity index (χ1n) is 9.54. The second-order valence-corrected chi connectivity index (χ2v) is 7.48. The molecule has 0 aliphatic heterocycles. The fourth-order valence-electron chi connectivity index (χ4n) is 4.07. The minimum atomic E-state index is 0.287. The van der Waals surface area contributed by atoms with Crippen molar-refractivity contribution in [3.05, 3.63) is 59.8 Å². The maximum Gasteiger partial charge on any atom is 0.123 e. The van der Waals surface area contributed by atoms with Gasteiger partial charge in [-0.25, -0.2) is 0 Å². The summed E-state index contributed by atoms with van der Waals surface area (Å²) in [6, 6.07) is 15.4. The number of nitrogens with zero attached hydrogens (tertiary/aromatic N) is 2. The third-order valence-electron chi connectivity index (χ3n) is 5.63. The van der Waals surface area contributed by atoms with E-state index in [1.54, 1.807) is 0 Å². The van der Waals surface area contributed by atoms with Gasteiger partial charge in [0.25, 0.3) is 0 Å². The molecule has 1 aromatic heterocycles. The molecule has 136 valence electrons. The Balaban J connectivity index is 1.42. The number of hydrogen-bond acceptors (Lipinski definition) is 3. The second-order valence-electron chi connectivity index (χ2n) is 7.48. The third kappa shape index (κ3) is 3.61. The molecule has 2 atom stereocenters. The van der Waals surface area contributed by atoms with Gasteiger partial charge in [-0.15, -0.1) is 0 Å². The van der Waals surface area contributed by atoms with E-state index in [4.69, 9.17) is 4.74 Å². The highest BCUT2D eigenvalue weighted by molar-refractivity contribution is 5.83. The predicted molar refractivity (Wildman–Crippen MR) is 105 cm³/mol. The number of nitrogens with one attached hydrogen (secondary N) is 1. The van der Waals surface area contributed by atoms with E-state index in [-0.39, 0.29) is 6.10 Å². The maximum absolute atomic E-state index is 6.43. The van der Waals surface area contributed by atoms with Crippen molar-refractivity contribution in [2.75, 3.05) is 7.05 Å². The lowest BCUT2D eigenvalue weighted by Crippen LogP contribution is -2.39. The van der Waals surface area contributed by atoms with Gasteiger partial charge < -0.3 is 4.74 Å². The Bertz CT molecular complexity index is 858. The van der Waals surface area contributed by atoms with Crippen LogP contribution < -0.4 is 4.74 Å². The molecule has 2 aromatic carbocycles. The van der Waals surface area contributed by atoms with E-state index in [2.05, 4.69) is 71.5 Å². The van der Waals surface area contributed by atoms with E-state index in [0.717, 1.165) is 36.0 Å². The van der Waals surface area contributed by atoms with Crippen molar-refractivity contribution in [2.24, 2.45) is 0 Å². The van der Waals surface area contributed by atoms with Crippen LogP contribution in [0.5, 0.6) is 5.75 Å². The Morgan fingerprint density at radius 1 is 1.15 bits per heavy atom. The lowest BCUT2D eigenvalue weighted by molar-refractivity contribution is 0.0858. The zero-order valence-electron chi connectivity index (χ0n) is 15.6. The number of fused-ring (bicyclic) bond motifs is 1. The number of aromatic nitrogens is 2. The summed E-state index contributed by atoms with van der Waals surface area (Å²) < 4.78 is 6.43. The van der Waals surface area contributed by atoms with Gasteiger partial charge in [-0.3, -0.25) is 10.00 Å². The average Bonchev–Trinajstić information content (AvgIpc) is 3.15. The minimum Gasteiger partial charge on any atom is -0.490 e. The molecule has 26 heavy (non-hydrogen) atoms. The number of H-pyrrole nitrogens is 1. The van der Waals surface area contributed by atoms with E-state index in [0.29, 0.717) is 6.04 Å². The lowest BCUT2D eigenvalue weighted by atomic mass is 9.91. The van der Waals surface area contributed by atoms with E-state index in [1.807, 2.05) is 6.20 Å². The second kappa shape index (κ2) is 7.50. The van der Waals surface area contributed by atoms with Gasteiger partial charge in [0.2, 0.25) is 0 Å². The number of aromatic amines is 1. The van der Waals surface area contributed by atoms with Crippen molar-refractivity contribution >= 4 is 10.9 Å². The monoisotopic (exact) mass is 349 g/mol. The van der Waals surface area contributed by atoms with Gasteiger partial charge in [0, 0.05) is 23.5 Å². The van der Waals surface area contributed by atoms with Crippen molar-refractivity contribution in [3.8, 4) is 5.75 Å². The van der Waals surface area contributed by atoms with Crippen LogP contribution in [0.1, 0.15) is 36.8 Å². The van der Waals surface area contributed by atoms with Crippen molar-refractivity contribution in [1.29, 1.82) is 0 Å². The molecule has 1 heterocycles. The van der Waals surface area contributed by atoms with Crippen molar-refractivity contribution < 1.29 is 4.74 Å². The highest BCUT2D eigenvalue weighted by Gasteiger charge is 2.26. The number of aryl methyl sites for hydroxylation is 1. The molecule has 1 saturated carbocycles. The first-order chi connectivity index (χ1) is 12.7. The van der Waals surface area contributed by atoms with Crippen LogP contribution in [0.2, 0.25) is 0 Å². The summed E-state index contributed by atoms with van der Waals surface area (Å²) in [6.45, 7) is 3.12. The fraction of sp³-hybridized carbons (Fsp3) is 0.409. The molecule has 0 amide bonds. The third-order valence-corrected chi connectivity index (χ3v) is 5.63. The highest BCUT2D eigenvalue weighted by Crippen LogP contribution is 2.31. The van der Waals surface area contributed by atoms with Gasteiger partial charge in [-0.1, -0.05) is 30.3 Å². The van der Waals surface area contributed by atoms with E-state index in [9.17, 15) is 0 Å². The van der Waals surface area contributed by atoms with Crippen LogP contribution in [-0.2, 0) is 6.54 Å². The summed E-state index contributed by atoms with van der Waals surface area (Å²) in [6.07, 6.45) is 6.87. The Morgan fingerprint density at radius 3 is 2.85 bits per heavy atom. The zero-order chi connectivity index (χ0) is 17.9. The highest BCUT2D eigenvalue weighted by atomic mass is 16.5. The molecule has 1 aliphatic carbocycles. The molecular formula is C22H27N3O. The molecular weight excluding hydrogens is 322 g/mol. The van der Waals surface area contributed by atoms with Gasteiger partial charge in [-0.05, 0) is 57.4 Å². The smallest absolute Gasteiger partial charge is 0.123 e. The van der Waals surface area contributed by atoms with E-state index < -0.39 is 0 Å². The summed E-state index contributed by atoms with van der Waals surface area (Å²) in [5.74, 6) is 0.996. The minimum absolute atomic E-state index is 0.287. The van der Waals surface area contributed by atoms with Gasteiger partial charge in [0.05, 0.1) is 11.7 Å². The predicted octanol–water partition coefficient (Wildman–Crippen LogP) is 4.69. The van der Waals surface area contributed by atoms with Gasteiger partial charge >= 0.3 is 0 Å². The first-order valence-corrected chi connectivity index (χ1v) is 9.54. The van der Waals surface area contributed by atoms with Crippen molar-refractivity contribution in [1.82, 2.24) is 15.1 Å². The Morgan fingerprint density at radius 2 is 2.00 bits per heavy atom. The van der Waals surface area contributed by atoms with Crippen LogP contribution in [0.25, 0.3) is 10.9 Å². The van der Waals surface area contributed by atoms with Crippen LogP contribution in [0.15, 0.2) is 48.7 Å². The van der Waals surface area contributed by atoms with E-state index in [1.165, 1.54) is 24.0 Å². The fourth-order valence-corrected chi connectivity index (χ4v) is 4.07. The number of benzene rings is 2.